The quantitative estimate of drug-likeness (QED) is 0.539. The van der Waals surface area contributed by atoms with Crippen LogP contribution in [0.15, 0.2) is 42.3 Å². The number of nitrogens with zero attached hydrogens (tertiary/aromatic N) is 1. The lowest BCUT2D eigenvalue weighted by atomic mass is 9.73. The summed E-state index contributed by atoms with van der Waals surface area (Å²) >= 11 is 0. The lowest BCUT2D eigenvalue weighted by Gasteiger charge is -2.47. The highest BCUT2D eigenvalue weighted by Crippen LogP contribution is 2.49. The molecule has 2 heterocycles. The van der Waals surface area contributed by atoms with Crippen molar-refractivity contribution in [2.45, 2.75) is 43.7 Å². The number of likely N-dealkylation sites (N-methyl/N-ethyl adjacent to an activating group) is 1. The number of benzene rings is 1. The second kappa shape index (κ2) is 10.6. The fraction of sp³-hybridized carbons (Fsp3) is 0.560. The number of halogens is 4. The second-order valence-corrected chi connectivity index (χ2v) is 9.57. The minimum atomic E-state index is -4.47. The van der Waals surface area contributed by atoms with E-state index in [9.17, 15) is 22.4 Å². The molecule has 1 saturated heterocycles. The molecule has 1 aromatic carbocycles. The zero-order valence-corrected chi connectivity index (χ0v) is 19.8. The summed E-state index contributed by atoms with van der Waals surface area (Å²) in [6, 6.07) is 3.51. The van der Waals surface area contributed by atoms with Gasteiger partial charge in [-0.15, -0.1) is 0 Å². The lowest BCUT2D eigenvalue weighted by molar-refractivity contribution is -0.138. The van der Waals surface area contributed by atoms with Crippen molar-refractivity contribution < 1.29 is 31.8 Å². The van der Waals surface area contributed by atoms with Gasteiger partial charge in [0, 0.05) is 42.2 Å². The topological polar surface area (TPSA) is 62.8 Å². The molecule has 0 saturated carbocycles. The van der Waals surface area contributed by atoms with E-state index in [0.29, 0.717) is 43.6 Å². The van der Waals surface area contributed by atoms with Crippen molar-refractivity contribution >= 4 is 11.8 Å². The van der Waals surface area contributed by atoms with E-state index in [1.165, 1.54) is 18.2 Å². The summed E-state index contributed by atoms with van der Waals surface area (Å²) in [6.07, 6.45) is 0.480. The van der Waals surface area contributed by atoms with Crippen molar-refractivity contribution in [2.24, 2.45) is 11.8 Å². The van der Waals surface area contributed by atoms with E-state index >= 15 is 0 Å². The molecule has 1 unspecified atom stereocenters. The Morgan fingerprint density at radius 3 is 2.77 bits per heavy atom. The van der Waals surface area contributed by atoms with Gasteiger partial charge in [0.2, 0.25) is 0 Å². The molecule has 2 aliphatic heterocycles. The van der Waals surface area contributed by atoms with Crippen LogP contribution in [0.25, 0.3) is 0 Å². The Kier molecular flexibility index (Phi) is 7.70. The van der Waals surface area contributed by atoms with Crippen molar-refractivity contribution in [1.82, 2.24) is 10.2 Å². The number of amides is 1. The van der Waals surface area contributed by atoms with Crippen molar-refractivity contribution in [2.75, 3.05) is 39.1 Å². The Hall–Kier alpha value is -2.59. The average molecular weight is 498 g/mol. The number of hydrogen-bond acceptors (Lipinski definition) is 5. The molecule has 0 bridgehead atoms. The average Bonchev–Trinajstić information content (AvgIpc) is 2.81. The number of carbonyl (C=O) groups excluding carboxylic acids is 1. The molecule has 0 radical (unpaired) electrons. The Morgan fingerprint density at radius 2 is 2.09 bits per heavy atom. The highest BCUT2D eigenvalue weighted by molar-refractivity contribution is 5.67. The minimum absolute atomic E-state index is 0.0146. The third-order valence-electron chi connectivity index (χ3n) is 6.80. The third-order valence-corrected chi connectivity index (χ3v) is 6.80. The van der Waals surface area contributed by atoms with Crippen molar-refractivity contribution in [3.63, 3.8) is 0 Å². The van der Waals surface area contributed by atoms with Crippen LogP contribution in [-0.4, -0.2) is 56.9 Å². The number of alkyl carbamates (subject to hydrolysis) is 1. The zero-order valence-electron chi connectivity index (χ0n) is 19.8. The van der Waals surface area contributed by atoms with Crippen LogP contribution in [0.1, 0.15) is 36.5 Å². The van der Waals surface area contributed by atoms with Gasteiger partial charge in [0.1, 0.15) is 12.4 Å². The van der Waals surface area contributed by atoms with Gasteiger partial charge in [0.05, 0.1) is 17.8 Å². The number of anilines is 1. The first-order valence-corrected chi connectivity index (χ1v) is 11.8. The van der Waals surface area contributed by atoms with E-state index in [4.69, 9.17) is 9.47 Å². The summed E-state index contributed by atoms with van der Waals surface area (Å²) in [4.78, 5) is 13.9. The van der Waals surface area contributed by atoms with Crippen LogP contribution in [0, 0.1) is 11.8 Å². The summed E-state index contributed by atoms with van der Waals surface area (Å²) < 4.78 is 65.5. The van der Waals surface area contributed by atoms with E-state index in [-0.39, 0.29) is 30.3 Å². The first-order valence-electron chi connectivity index (χ1n) is 11.8. The fourth-order valence-electron chi connectivity index (χ4n) is 5.00. The number of rotatable bonds is 6. The van der Waals surface area contributed by atoms with E-state index < -0.39 is 30.0 Å². The molecule has 4 rings (SSSR count). The fourth-order valence-corrected chi connectivity index (χ4v) is 5.00. The van der Waals surface area contributed by atoms with Gasteiger partial charge in [-0.2, -0.15) is 13.2 Å². The largest absolute Gasteiger partial charge is 0.447 e. The standard InChI is InChI=1S/C25H31F4N3O3/c1-32(2)12-11-30-24(33)34-14-18-8-9-19-22(15-3-6-17(26)7-4-15)31-21-10-5-16(25(27,28)29)13-20(21)23(19)35-18/h3,5-7,10,13,15,18-19,22-23,31H,4,8-9,11-12,14H2,1-2H3,(H,30,33)/t15?,18-,19+,22+,23+/m1/s1. The van der Waals surface area contributed by atoms with Gasteiger partial charge in [-0.3, -0.25) is 0 Å². The molecule has 2 N–H and O–H groups in total. The van der Waals surface area contributed by atoms with Crippen LogP contribution >= 0.6 is 0 Å². The minimum Gasteiger partial charge on any atom is -0.447 e. The smallest absolute Gasteiger partial charge is 0.416 e. The van der Waals surface area contributed by atoms with Crippen LogP contribution < -0.4 is 10.6 Å². The normalized spacial score (nSPS) is 28.0. The van der Waals surface area contributed by atoms with Gasteiger partial charge < -0.3 is 25.0 Å². The van der Waals surface area contributed by atoms with Crippen molar-refractivity contribution in [3.05, 3.63) is 53.4 Å². The molecule has 1 amide bonds. The molecule has 1 fully saturated rings. The van der Waals surface area contributed by atoms with Crippen LogP contribution in [0.5, 0.6) is 0 Å². The molecule has 1 aromatic rings. The Balaban J connectivity index is 1.50. The maximum atomic E-state index is 13.5. The molecule has 3 aliphatic rings. The first kappa shape index (κ1) is 25.5. The Labute approximate surface area is 202 Å². The number of carbonyl (C=O) groups is 1. The highest BCUT2D eigenvalue weighted by Gasteiger charge is 2.45. The molecule has 6 nitrogen and oxygen atoms in total. The van der Waals surface area contributed by atoms with E-state index in [1.54, 1.807) is 0 Å². The number of alkyl halides is 3. The molecular formula is C25H31F4N3O3. The van der Waals surface area contributed by atoms with Gasteiger partial charge in [-0.25, -0.2) is 9.18 Å². The number of allylic oxidation sites excluding steroid dienone is 3. The van der Waals surface area contributed by atoms with Crippen molar-refractivity contribution in [1.29, 1.82) is 0 Å². The Bertz CT molecular complexity index is 979. The van der Waals surface area contributed by atoms with E-state index in [2.05, 4.69) is 10.6 Å². The van der Waals surface area contributed by atoms with Crippen LogP contribution in [0.4, 0.5) is 28.0 Å². The number of fused-ring (bicyclic) bond motifs is 3. The lowest BCUT2D eigenvalue weighted by Crippen LogP contribution is -2.47. The monoisotopic (exact) mass is 497 g/mol. The summed E-state index contributed by atoms with van der Waals surface area (Å²) in [5, 5.41) is 6.07. The first-order chi connectivity index (χ1) is 16.6. The molecule has 1 aliphatic carbocycles. The van der Waals surface area contributed by atoms with Gasteiger partial charge in [-0.05, 0) is 63.7 Å². The van der Waals surface area contributed by atoms with Crippen molar-refractivity contribution in [3.8, 4) is 0 Å². The van der Waals surface area contributed by atoms with Gasteiger partial charge >= 0.3 is 12.3 Å². The summed E-state index contributed by atoms with van der Waals surface area (Å²) in [7, 11) is 3.78. The molecule has 192 valence electrons. The van der Waals surface area contributed by atoms with Crippen LogP contribution in [0.3, 0.4) is 0 Å². The Morgan fingerprint density at radius 1 is 1.29 bits per heavy atom. The van der Waals surface area contributed by atoms with E-state index in [1.807, 2.05) is 25.1 Å². The predicted octanol–water partition coefficient (Wildman–Crippen LogP) is 5.05. The van der Waals surface area contributed by atoms with E-state index in [0.717, 1.165) is 12.1 Å². The SMILES string of the molecule is CN(C)CCNC(=O)OC[C@H]1CC[C@@H]2[C@H](O1)c1cc(C(F)(F)F)ccc1N[C@H]2C1C=CC(F)=CC1. The number of nitrogens with one attached hydrogen (secondary N) is 2. The molecule has 0 aromatic heterocycles. The number of hydrogen-bond donors (Lipinski definition) is 2. The summed E-state index contributed by atoms with van der Waals surface area (Å²) in [5.41, 5.74) is 0.290. The highest BCUT2D eigenvalue weighted by atomic mass is 19.4. The molecule has 10 heteroatoms. The van der Waals surface area contributed by atoms with Gasteiger partial charge in [0.15, 0.2) is 0 Å². The van der Waals surface area contributed by atoms with Gasteiger partial charge in [0.25, 0.3) is 0 Å². The molecule has 5 atom stereocenters. The molecule has 35 heavy (non-hydrogen) atoms. The summed E-state index contributed by atoms with van der Waals surface area (Å²) in [6.45, 7) is 1.12. The zero-order chi connectivity index (χ0) is 25.2. The van der Waals surface area contributed by atoms with Gasteiger partial charge in [-0.1, -0.05) is 6.08 Å². The predicted molar refractivity (Wildman–Crippen MR) is 124 cm³/mol. The number of ether oxygens (including phenoxy) is 2. The molecular weight excluding hydrogens is 466 g/mol. The second-order valence-electron chi connectivity index (χ2n) is 9.57. The maximum absolute atomic E-state index is 13.5. The summed E-state index contributed by atoms with van der Waals surface area (Å²) in [5.74, 6) is -0.415. The van der Waals surface area contributed by atoms with Crippen LogP contribution in [0.2, 0.25) is 0 Å². The third kappa shape index (κ3) is 6.16. The van der Waals surface area contributed by atoms with Crippen LogP contribution in [-0.2, 0) is 15.7 Å². The maximum Gasteiger partial charge on any atom is 0.416 e. The molecule has 0 spiro atoms.